The fourth-order valence-electron chi connectivity index (χ4n) is 1.52. The van der Waals surface area contributed by atoms with Gasteiger partial charge in [0.15, 0.2) is 10.3 Å². The summed E-state index contributed by atoms with van der Waals surface area (Å²) in [5.41, 5.74) is 1.07. The molecule has 17 heavy (non-hydrogen) atoms. The summed E-state index contributed by atoms with van der Waals surface area (Å²) in [6.07, 6.45) is 3.86. The predicted molar refractivity (Wildman–Crippen MR) is 76.8 cm³/mol. The fraction of sp³-hybridized carbons (Fsp3) is 0.0909. The van der Waals surface area contributed by atoms with Crippen LogP contribution in [-0.2, 0) is 0 Å². The zero-order chi connectivity index (χ0) is 11.7. The normalized spacial score (nSPS) is 10.9. The molecule has 0 fully saturated rings. The van der Waals surface area contributed by atoms with Gasteiger partial charge in [0.1, 0.15) is 0 Å². The van der Waals surface area contributed by atoms with Crippen LogP contribution in [0.25, 0.3) is 10.2 Å². The van der Waals surface area contributed by atoms with Crippen LogP contribution in [0.1, 0.15) is 0 Å². The maximum absolute atomic E-state index is 4.61. The van der Waals surface area contributed by atoms with E-state index >= 15 is 0 Å². The molecular weight excluding hydrogens is 270 g/mol. The number of hydrogen-bond donors (Lipinski definition) is 1. The van der Waals surface area contributed by atoms with E-state index < -0.39 is 0 Å². The molecule has 0 spiro atoms. The first kappa shape index (κ1) is 11.0. The third-order valence-electron chi connectivity index (χ3n) is 2.25. The number of nitrogens with zero attached hydrogens (tertiary/aromatic N) is 2. The Hall–Kier alpha value is -1.11. The number of thiazole rings is 2. The van der Waals surface area contributed by atoms with Gasteiger partial charge in [0, 0.05) is 16.5 Å². The van der Waals surface area contributed by atoms with E-state index in [4.69, 9.17) is 0 Å². The van der Waals surface area contributed by atoms with Crippen LogP contribution < -0.4 is 5.32 Å². The van der Waals surface area contributed by atoms with E-state index in [1.165, 1.54) is 9.60 Å². The molecule has 0 amide bonds. The minimum atomic E-state index is 0.884. The van der Waals surface area contributed by atoms with Gasteiger partial charge in [-0.15, -0.1) is 23.1 Å². The summed E-state index contributed by atoms with van der Waals surface area (Å²) in [5, 5.41) is 6.96. The lowest BCUT2D eigenvalue weighted by Gasteiger charge is -1.95. The molecule has 0 saturated carbocycles. The molecule has 0 aliphatic carbocycles. The van der Waals surface area contributed by atoms with Crippen molar-refractivity contribution in [3.63, 3.8) is 0 Å². The van der Waals surface area contributed by atoms with Crippen molar-refractivity contribution in [2.75, 3.05) is 11.6 Å². The van der Waals surface area contributed by atoms with Gasteiger partial charge in [0.2, 0.25) is 0 Å². The Bertz CT molecular complexity index is 631. The van der Waals surface area contributed by atoms with Gasteiger partial charge in [-0.3, -0.25) is 0 Å². The second-order valence-corrected chi connectivity index (χ2v) is 6.06. The first-order valence-corrected chi connectivity index (χ1v) is 7.89. The first-order valence-electron chi connectivity index (χ1n) is 4.97. The van der Waals surface area contributed by atoms with Gasteiger partial charge in [0.25, 0.3) is 0 Å². The lowest BCUT2D eigenvalue weighted by atomic mass is 10.3. The van der Waals surface area contributed by atoms with Crippen molar-refractivity contribution < 1.29 is 0 Å². The molecule has 3 nitrogen and oxygen atoms in total. The summed E-state index contributed by atoms with van der Waals surface area (Å²) in [7, 11) is 0. The van der Waals surface area contributed by atoms with Crippen LogP contribution in [0.15, 0.2) is 34.7 Å². The van der Waals surface area contributed by atoms with Crippen molar-refractivity contribution in [2.45, 2.75) is 4.90 Å². The monoisotopic (exact) mass is 279 g/mol. The molecule has 86 valence electrons. The van der Waals surface area contributed by atoms with E-state index in [1.807, 2.05) is 5.38 Å². The molecule has 0 bridgehead atoms. The summed E-state index contributed by atoms with van der Waals surface area (Å²) >= 11 is 4.96. The Labute approximate surface area is 111 Å². The van der Waals surface area contributed by atoms with Crippen LogP contribution in [0.5, 0.6) is 0 Å². The van der Waals surface area contributed by atoms with Gasteiger partial charge in [-0.2, -0.15) is 0 Å². The van der Waals surface area contributed by atoms with Crippen molar-refractivity contribution >= 4 is 54.9 Å². The summed E-state index contributed by atoms with van der Waals surface area (Å²) < 4.78 is 1.20. The predicted octanol–water partition coefficient (Wildman–Crippen LogP) is 4.22. The maximum atomic E-state index is 4.61. The Balaban J connectivity index is 2.02. The Morgan fingerprint density at radius 2 is 2.24 bits per heavy atom. The highest BCUT2D eigenvalue weighted by Gasteiger charge is 2.08. The lowest BCUT2D eigenvalue weighted by molar-refractivity contribution is 1.35. The van der Waals surface area contributed by atoms with Gasteiger partial charge < -0.3 is 5.32 Å². The number of para-hydroxylation sites is 1. The van der Waals surface area contributed by atoms with Gasteiger partial charge >= 0.3 is 0 Å². The summed E-state index contributed by atoms with van der Waals surface area (Å²) in [5.74, 6) is 0. The van der Waals surface area contributed by atoms with E-state index in [-0.39, 0.29) is 0 Å². The largest absolute Gasteiger partial charge is 0.307 e. The highest BCUT2D eigenvalue weighted by molar-refractivity contribution is 7.98. The Morgan fingerprint density at radius 3 is 3.00 bits per heavy atom. The summed E-state index contributed by atoms with van der Waals surface area (Å²) in [6.45, 7) is 0. The quantitative estimate of drug-likeness (QED) is 0.728. The second kappa shape index (κ2) is 4.64. The zero-order valence-corrected chi connectivity index (χ0v) is 11.5. The Kier molecular flexibility index (Phi) is 3.00. The highest BCUT2D eigenvalue weighted by Crippen LogP contribution is 2.33. The summed E-state index contributed by atoms with van der Waals surface area (Å²) in [6, 6.07) is 6.26. The molecule has 0 atom stereocenters. The molecular formula is C11H9N3S3. The van der Waals surface area contributed by atoms with Crippen molar-refractivity contribution in [3.8, 4) is 0 Å². The van der Waals surface area contributed by atoms with E-state index in [9.17, 15) is 0 Å². The average molecular weight is 279 g/mol. The number of anilines is 2. The van der Waals surface area contributed by atoms with Gasteiger partial charge in [-0.05, 0) is 18.4 Å². The van der Waals surface area contributed by atoms with E-state index in [0.29, 0.717) is 0 Å². The maximum Gasteiger partial charge on any atom is 0.190 e. The zero-order valence-electron chi connectivity index (χ0n) is 9.01. The third-order valence-corrected chi connectivity index (χ3v) is 4.64. The number of benzene rings is 1. The minimum Gasteiger partial charge on any atom is -0.307 e. The van der Waals surface area contributed by atoms with Crippen LogP contribution >= 0.6 is 34.4 Å². The van der Waals surface area contributed by atoms with E-state index in [0.717, 1.165) is 15.8 Å². The number of nitrogens with one attached hydrogen (secondary N) is 1. The lowest BCUT2D eigenvalue weighted by Crippen LogP contribution is -1.87. The molecule has 3 rings (SSSR count). The molecule has 2 heterocycles. The first-order chi connectivity index (χ1) is 8.36. The van der Waals surface area contributed by atoms with Crippen LogP contribution in [0.2, 0.25) is 0 Å². The molecule has 1 aromatic carbocycles. The topological polar surface area (TPSA) is 37.8 Å². The van der Waals surface area contributed by atoms with Crippen molar-refractivity contribution in [1.82, 2.24) is 9.97 Å². The van der Waals surface area contributed by atoms with Crippen LogP contribution in [0, 0.1) is 0 Å². The van der Waals surface area contributed by atoms with Crippen molar-refractivity contribution in [3.05, 3.63) is 29.8 Å². The molecule has 6 heteroatoms. The van der Waals surface area contributed by atoms with E-state index in [2.05, 4.69) is 39.7 Å². The SMILES string of the molecule is CSc1cccc2sc(Nc3nccs3)nc12. The molecule has 0 unspecified atom stereocenters. The number of rotatable bonds is 3. The standard InChI is InChI=1S/C11H9N3S3/c1-15-7-3-2-4-8-9(7)13-11(17-8)14-10-12-5-6-16-10/h2-6H,1H3,(H,12,13,14). The molecule has 0 radical (unpaired) electrons. The minimum absolute atomic E-state index is 0.884. The van der Waals surface area contributed by atoms with Gasteiger partial charge in [-0.25, -0.2) is 9.97 Å². The number of hydrogen-bond acceptors (Lipinski definition) is 6. The number of thioether (sulfide) groups is 1. The van der Waals surface area contributed by atoms with Crippen molar-refractivity contribution in [2.24, 2.45) is 0 Å². The molecule has 2 aromatic heterocycles. The molecule has 0 saturated heterocycles. The smallest absolute Gasteiger partial charge is 0.190 e. The van der Waals surface area contributed by atoms with Crippen LogP contribution in [0.4, 0.5) is 10.3 Å². The summed E-state index contributed by atoms with van der Waals surface area (Å²) in [4.78, 5) is 10.0. The van der Waals surface area contributed by atoms with Gasteiger partial charge in [0.05, 0.1) is 10.2 Å². The molecule has 1 N–H and O–H groups in total. The number of aromatic nitrogens is 2. The fourth-order valence-corrected chi connectivity index (χ4v) is 3.63. The average Bonchev–Trinajstić information content (AvgIpc) is 2.97. The van der Waals surface area contributed by atoms with E-state index in [1.54, 1.807) is 40.6 Å². The van der Waals surface area contributed by atoms with Gasteiger partial charge in [-0.1, -0.05) is 17.4 Å². The third kappa shape index (κ3) is 2.15. The highest BCUT2D eigenvalue weighted by atomic mass is 32.2. The molecule has 0 aliphatic rings. The Morgan fingerprint density at radius 1 is 1.29 bits per heavy atom. The van der Waals surface area contributed by atoms with Crippen molar-refractivity contribution in [1.29, 1.82) is 0 Å². The second-order valence-electron chi connectivity index (χ2n) is 3.29. The van der Waals surface area contributed by atoms with Crippen LogP contribution in [-0.4, -0.2) is 16.2 Å². The molecule has 3 aromatic rings. The molecule has 0 aliphatic heterocycles. The number of fused-ring (bicyclic) bond motifs is 1. The van der Waals surface area contributed by atoms with Crippen LogP contribution in [0.3, 0.4) is 0 Å².